The number of anilines is 1. The molecule has 0 aliphatic carbocycles. The standard InChI is InChI=1S/C12H16BrN3O3/c1-8-6-10(9(13)7-11(8)16(18)19)14-5-4-12(17)15(2)3/h6-7,14H,4-5H2,1-3H3. The van der Waals surface area contributed by atoms with Gasteiger partial charge < -0.3 is 10.2 Å². The van der Waals surface area contributed by atoms with Crippen LogP contribution in [-0.4, -0.2) is 36.4 Å². The summed E-state index contributed by atoms with van der Waals surface area (Å²) in [5, 5.41) is 13.9. The van der Waals surface area contributed by atoms with E-state index in [1.54, 1.807) is 27.1 Å². The lowest BCUT2D eigenvalue weighted by Crippen LogP contribution is -2.23. The Bertz CT molecular complexity index is 503. The third-order valence-electron chi connectivity index (χ3n) is 2.64. The minimum absolute atomic E-state index is 0.0299. The van der Waals surface area contributed by atoms with Crippen LogP contribution in [0.3, 0.4) is 0 Å². The first-order valence-corrected chi connectivity index (χ1v) is 6.50. The van der Waals surface area contributed by atoms with Crippen molar-refractivity contribution in [2.45, 2.75) is 13.3 Å². The first-order valence-electron chi connectivity index (χ1n) is 5.71. The second-order valence-corrected chi connectivity index (χ2v) is 5.19. The third-order valence-corrected chi connectivity index (χ3v) is 3.29. The molecule has 19 heavy (non-hydrogen) atoms. The summed E-state index contributed by atoms with van der Waals surface area (Å²) in [6, 6.07) is 3.16. The summed E-state index contributed by atoms with van der Waals surface area (Å²) in [7, 11) is 3.41. The number of benzene rings is 1. The summed E-state index contributed by atoms with van der Waals surface area (Å²) in [6.45, 7) is 2.16. The molecule has 0 fully saturated rings. The molecule has 1 amide bonds. The van der Waals surface area contributed by atoms with E-state index in [-0.39, 0.29) is 11.6 Å². The summed E-state index contributed by atoms with van der Waals surface area (Å²) in [5.74, 6) is 0.0299. The van der Waals surface area contributed by atoms with E-state index in [0.717, 1.165) is 5.69 Å². The predicted octanol–water partition coefficient (Wildman–Crippen LogP) is 2.56. The van der Waals surface area contributed by atoms with Crippen LogP contribution in [0.2, 0.25) is 0 Å². The highest BCUT2D eigenvalue weighted by molar-refractivity contribution is 9.10. The molecule has 6 nitrogen and oxygen atoms in total. The van der Waals surface area contributed by atoms with Crippen molar-refractivity contribution in [3.05, 3.63) is 32.3 Å². The zero-order chi connectivity index (χ0) is 14.6. The van der Waals surface area contributed by atoms with E-state index >= 15 is 0 Å². The topological polar surface area (TPSA) is 75.5 Å². The molecule has 0 spiro atoms. The van der Waals surface area contributed by atoms with Gasteiger partial charge >= 0.3 is 0 Å². The molecule has 1 aromatic rings. The van der Waals surface area contributed by atoms with Gasteiger partial charge in [0.15, 0.2) is 0 Å². The Morgan fingerprint density at radius 3 is 2.63 bits per heavy atom. The van der Waals surface area contributed by atoms with Crippen LogP contribution in [0.5, 0.6) is 0 Å². The lowest BCUT2D eigenvalue weighted by Gasteiger charge is -2.12. The SMILES string of the molecule is Cc1cc(NCCC(=O)N(C)C)c(Br)cc1[N+](=O)[O-]. The molecule has 0 aliphatic heterocycles. The van der Waals surface area contributed by atoms with Gasteiger partial charge in [0.2, 0.25) is 5.91 Å². The Labute approximate surface area is 120 Å². The number of amides is 1. The normalized spacial score (nSPS) is 10.1. The number of hydrogen-bond acceptors (Lipinski definition) is 4. The molecule has 0 aliphatic rings. The molecule has 0 bridgehead atoms. The van der Waals surface area contributed by atoms with Crippen LogP contribution in [0, 0.1) is 17.0 Å². The number of hydrogen-bond donors (Lipinski definition) is 1. The number of nitrogens with zero attached hydrogens (tertiary/aromatic N) is 2. The first kappa shape index (κ1) is 15.4. The van der Waals surface area contributed by atoms with E-state index in [4.69, 9.17) is 0 Å². The zero-order valence-corrected chi connectivity index (χ0v) is 12.7. The van der Waals surface area contributed by atoms with Crippen molar-refractivity contribution in [2.24, 2.45) is 0 Å². The highest BCUT2D eigenvalue weighted by Crippen LogP contribution is 2.30. The Morgan fingerprint density at radius 1 is 1.47 bits per heavy atom. The van der Waals surface area contributed by atoms with Crippen LogP contribution in [0.1, 0.15) is 12.0 Å². The van der Waals surface area contributed by atoms with Crippen LogP contribution in [0.15, 0.2) is 16.6 Å². The van der Waals surface area contributed by atoms with Gasteiger partial charge in [-0.2, -0.15) is 0 Å². The molecular weight excluding hydrogens is 314 g/mol. The molecule has 1 aromatic carbocycles. The van der Waals surface area contributed by atoms with Gasteiger partial charge in [0.05, 0.1) is 4.92 Å². The Hall–Kier alpha value is -1.63. The second kappa shape index (κ2) is 6.51. The lowest BCUT2D eigenvalue weighted by atomic mass is 10.2. The van der Waals surface area contributed by atoms with Gasteiger partial charge in [-0.05, 0) is 28.9 Å². The molecule has 0 saturated carbocycles. The summed E-state index contributed by atoms with van der Waals surface area (Å²) in [6.07, 6.45) is 0.371. The van der Waals surface area contributed by atoms with Crippen LogP contribution >= 0.6 is 15.9 Å². The second-order valence-electron chi connectivity index (χ2n) is 4.34. The predicted molar refractivity (Wildman–Crippen MR) is 77.3 cm³/mol. The molecule has 0 aromatic heterocycles. The fourth-order valence-electron chi connectivity index (χ4n) is 1.53. The van der Waals surface area contributed by atoms with Gasteiger partial charge in [-0.15, -0.1) is 0 Å². The number of aryl methyl sites for hydroxylation is 1. The van der Waals surface area contributed by atoms with E-state index in [2.05, 4.69) is 21.2 Å². The van der Waals surface area contributed by atoms with Crippen molar-refractivity contribution < 1.29 is 9.72 Å². The van der Waals surface area contributed by atoms with Crippen molar-refractivity contribution in [1.82, 2.24) is 4.90 Å². The number of rotatable bonds is 5. The van der Waals surface area contributed by atoms with E-state index in [0.29, 0.717) is 23.0 Å². The molecule has 0 heterocycles. The van der Waals surface area contributed by atoms with Gasteiger partial charge in [0, 0.05) is 48.9 Å². The Balaban J connectivity index is 2.72. The molecule has 0 radical (unpaired) electrons. The fourth-order valence-corrected chi connectivity index (χ4v) is 2.00. The van der Waals surface area contributed by atoms with Gasteiger partial charge in [0.1, 0.15) is 0 Å². The summed E-state index contributed by atoms with van der Waals surface area (Å²) in [4.78, 5) is 23.3. The molecule has 0 saturated heterocycles. The number of nitro groups is 1. The number of nitro benzene ring substituents is 1. The molecule has 0 unspecified atom stereocenters. The van der Waals surface area contributed by atoms with Gasteiger partial charge in [-0.25, -0.2) is 0 Å². The third kappa shape index (κ3) is 4.20. The maximum Gasteiger partial charge on any atom is 0.273 e. The van der Waals surface area contributed by atoms with Gasteiger partial charge in [-0.1, -0.05) is 0 Å². The maximum absolute atomic E-state index is 11.4. The van der Waals surface area contributed by atoms with E-state index in [1.165, 1.54) is 11.0 Å². The average molecular weight is 330 g/mol. The monoisotopic (exact) mass is 329 g/mol. The largest absolute Gasteiger partial charge is 0.384 e. The maximum atomic E-state index is 11.4. The highest BCUT2D eigenvalue weighted by atomic mass is 79.9. The zero-order valence-electron chi connectivity index (χ0n) is 11.1. The lowest BCUT2D eigenvalue weighted by molar-refractivity contribution is -0.385. The highest BCUT2D eigenvalue weighted by Gasteiger charge is 2.14. The van der Waals surface area contributed by atoms with Crippen molar-refractivity contribution in [1.29, 1.82) is 0 Å². The van der Waals surface area contributed by atoms with Gasteiger partial charge in [-0.3, -0.25) is 14.9 Å². The average Bonchev–Trinajstić information content (AvgIpc) is 2.32. The number of carbonyl (C=O) groups is 1. The van der Waals surface area contributed by atoms with Crippen molar-refractivity contribution in [2.75, 3.05) is 26.0 Å². The first-order chi connectivity index (χ1) is 8.82. The van der Waals surface area contributed by atoms with Crippen LogP contribution in [-0.2, 0) is 4.79 Å². The van der Waals surface area contributed by atoms with Crippen molar-refractivity contribution >= 4 is 33.2 Å². The molecule has 7 heteroatoms. The fraction of sp³-hybridized carbons (Fsp3) is 0.417. The summed E-state index contributed by atoms with van der Waals surface area (Å²) < 4.78 is 0.613. The Kier molecular flexibility index (Phi) is 5.29. The quantitative estimate of drug-likeness (QED) is 0.665. The Morgan fingerprint density at radius 2 is 2.11 bits per heavy atom. The smallest absolute Gasteiger partial charge is 0.273 e. The van der Waals surface area contributed by atoms with Crippen LogP contribution < -0.4 is 5.32 Å². The molecule has 1 N–H and O–H groups in total. The van der Waals surface area contributed by atoms with Gasteiger partial charge in [0.25, 0.3) is 5.69 Å². The molecular formula is C12H16BrN3O3. The number of nitrogens with one attached hydrogen (secondary N) is 1. The van der Waals surface area contributed by atoms with E-state index in [1.807, 2.05) is 0 Å². The van der Waals surface area contributed by atoms with E-state index in [9.17, 15) is 14.9 Å². The molecule has 104 valence electrons. The molecule has 1 rings (SSSR count). The minimum Gasteiger partial charge on any atom is -0.384 e. The van der Waals surface area contributed by atoms with Crippen LogP contribution in [0.25, 0.3) is 0 Å². The summed E-state index contributed by atoms with van der Waals surface area (Å²) >= 11 is 3.28. The van der Waals surface area contributed by atoms with E-state index < -0.39 is 4.92 Å². The molecule has 0 atom stereocenters. The minimum atomic E-state index is -0.417. The number of halogens is 1. The van der Waals surface area contributed by atoms with Crippen molar-refractivity contribution in [3.63, 3.8) is 0 Å². The van der Waals surface area contributed by atoms with Crippen molar-refractivity contribution in [3.8, 4) is 0 Å². The number of carbonyl (C=O) groups excluding carboxylic acids is 1. The van der Waals surface area contributed by atoms with Crippen LogP contribution in [0.4, 0.5) is 11.4 Å². The summed E-state index contributed by atoms with van der Waals surface area (Å²) in [5.41, 5.74) is 1.39.